The lowest BCUT2D eigenvalue weighted by Crippen LogP contribution is -2.41. The van der Waals surface area contributed by atoms with Crippen molar-refractivity contribution in [3.05, 3.63) is 22.6 Å². The Kier molecular flexibility index (Phi) is 5.45. The Morgan fingerprint density at radius 2 is 2.16 bits per heavy atom. The fraction of sp³-hybridized carbons (Fsp3) is 0.714. The van der Waals surface area contributed by atoms with Gasteiger partial charge in [-0.25, -0.2) is 0 Å². The molecule has 5 heteroatoms. The van der Waals surface area contributed by atoms with Gasteiger partial charge in [0.05, 0.1) is 16.8 Å². The number of halogens is 1. The molecule has 0 bridgehead atoms. The predicted octanol–water partition coefficient (Wildman–Crippen LogP) is 2.32. The number of piperidine rings is 1. The zero-order valence-corrected chi connectivity index (χ0v) is 13.4. The Morgan fingerprint density at radius 3 is 2.63 bits per heavy atom. The molecule has 1 atom stereocenters. The molecule has 1 aliphatic heterocycles. The fourth-order valence-corrected chi connectivity index (χ4v) is 3.39. The normalized spacial score (nSPS) is 20.1. The van der Waals surface area contributed by atoms with Gasteiger partial charge in [0.25, 0.3) is 0 Å². The van der Waals surface area contributed by atoms with Crippen LogP contribution in [-0.2, 0) is 0 Å². The van der Waals surface area contributed by atoms with Crippen LogP contribution in [-0.4, -0.2) is 50.1 Å². The molecule has 1 aliphatic rings. The second-order valence-electron chi connectivity index (χ2n) is 5.63. The van der Waals surface area contributed by atoms with Crippen LogP contribution in [0, 0.1) is 5.92 Å². The van der Waals surface area contributed by atoms with Crippen LogP contribution >= 0.6 is 15.9 Å². The lowest BCUT2D eigenvalue weighted by Gasteiger charge is -2.37. The monoisotopic (exact) mass is 329 g/mol. The molecule has 108 valence electrons. The summed E-state index contributed by atoms with van der Waals surface area (Å²) in [5, 5.41) is 0. The molecule has 19 heavy (non-hydrogen) atoms. The number of likely N-dealkylation sites (tertiary alicyclic amines) is 1. The van der Waals surface area contributed by atoms with Crippen molar-refractivity contribution in [2.24, 2.45) is 11.7 Å². The van der Waals surface area contributed by atoms with Crippen LogP contribution in [0.3, 0.4) is 0 Å². The number of nitrogens with two attached hydrogens (primary N) is 1. The van der Waals surface area contributed by atoms with E-state index in [2.05, 4.69) is 39.8 Å². The molecule has 0 spiro atoms. The van der Waals surface area contributed by atoms with Gasteiger partial charge in [0.1, 0.15) is 5.76 Å². The van der Waals surface area contributed by atoms with Gasteiger partial charge in [0.2, 0.25) is 0 Å². The van der Waals surface area contributed by atoms with Crippen molar-refractivity contribution in [1.29, 1.82) is 0 Å². The summed E-state index contributed by atoms with van der Waals surface area (Å²) in [7, 11) is 4.30. The van der Waals surface area contributed by atoms with Gasteiger partial charge < -0.3 is 15.1 Å². The van der Waals surface area contributed by atoms with Crippen LogP contribution in [0.15, 0.2) is 21.2 Å². The molecule has 2 heterocycles. The highest BCUT2D eigenvalue weighted by Crippen LogP contribution is 2.31. The second-order valence-corrected chi connectivity index (χ2v) is 6.48. The summed E-state index contributed by atoms with van der Waals surface area (Å²) in [5.74, 6) is 1.78. The molecule has 0 aromatic carbocycles. The first-order valence-corrected chi connectivity index (χ1v) is 7.73. The molecule has 0 radical (unpaired) electrons. The lowest BCUT2D eigenvalue weighted by molar-refractivity contribution is 0.111. The van der Waals surface area contributed by atoms with Crippen molar-refractivity contribution in [2.75, 3.05) is 40.3 Å². The van der Waals surface area contributed by atoms with Crippen LogP contribution in [0.1, 0.15) is 24.6 Å². The van der Waals surface area contributed by atoms with Gasteiger partial charge in [0, 0.05) is 13.1 Å². The molecule has 1 aromatic heterocycles. The Balaban J connectivity index is 1.94. The van der Waals surface area contributed by atoms with E-state index in [-0.39, 0.29) is 6.04 Å². The van der Waals surface area contributed by atoms with Gasteiger partial charge in [-0.05, 0) is 67.9 Å². The van der Waals surface area contributed by atoms with Crippen LogP contribution in [0.25, 0.3) is 0 Å². The van der Waals surface area contributed by atoms with Crippen molar-refractivity contribution < 1.29 is 4.42 Å². The molecule has 1 aromatic rings. The number of hydrogen-bond acceptors (Lipinski definition) is 4. The van der Waals surface area contributed by atoms with Gasteiger partial charge in [-0.2, -0.15) is 0 Å². The summed E-state index contributed by atoms with van der Waals surface area (Å²) in [4.78, 5) is 4.74. The van der Waals surface area contributed by atoms with Crippen LogP contribution in [0.5, 0.6) is 0 Å². The zero-order chi connectivity index (χ0) is 13.8. The maximum atomic E-state index is 5.95. The Bertz CT molecular complexity index is 386. The summed E-state index contributed by atoms with van der Waals surface area (Å²) in [6, 6.07) is 2.14. The zero-order valence-electron chi connectivity index (χ0n) is 11.8. The van der Waals surface area contributed by atoms with Crippen molar-refractivity contribution in [1.82, 2.24) is 9.80 Å². The van der Waals surface area contributed by atoms with E-state index in [0.717, 1.165) is 29.2 Å². The largest absolute Gasteiger partial charge is 0.466 e. The quantitative estimate of drug-likeness (QED) is 0.900. The van der Waals surface area contributed by atoms with E-state index in [1.807, 2.05) is 6.07 Å². The molecule has 2 rings (SSSR count). The summed E-state index contributed by atoms with van der Waals surface area (Å²) in [6.07, 6.45) is 4.21. The predicted molar refractivity (Wildman–Crippen MR) is 81.1 cm³/mol. The maximum Gasteiger partial charge on any atom is 0.136 e. The smallest absolute Gasteiger partial charge is 0.136 e. The summed E-state index contributed by atoms with van der Waals surface area (Å²) in [6.45, 7) is 4.00. The molecule has 0 saturated carbocycles. The van der Waals surface area contributed by atoms with E-state index in [9.17, 15) is 0 Å². The minimum absolute atomic E-state index is 0.199. The molecule has 1 unspecified atom stereocenters. The highest BCUT2D eigenvalue weighted by Gasteiger charge is 2.28. The topological polar surface area (TPSA) is 45.6 Å². The first-order valence-electron chi connectivity index (χ1n) is 6.93. The molecule has 2 N–H and O–H groups in total. The molecule has 0 aliphatic carbocycles. The minimum Gasteiger partial charge on any atom is -0.466 e. The number of furan rings is 1. The van der Waals surface area contributed by atoms with Gasteiger partial charge >= 0.3 is 0 Å². The Labute approximate surface area is 124 Å². The van der Waals surface area contributed by atoms with Gasteiger partial charge in [0.15, 0.2) is 0 Å². The molecular weight excluding hydrogens is 306 g/mol. The van der Waals surface area contributed by atoms with E-state index in [1.165, 1.54) is 19.4 Å². The van der Waals surface area contributed by atoms with Gasteiger partial charge in [-0.3, -0.25) is 4.90 Å². The van der Waals surface area contributed by atoms with Crippen LogP contribution in [0.4, 0.5) is 0 Å². The average Bonchev–Trinajstić information content (AvgIpc) is 2.78. The molecule has 4 nitrogen and oxygen atoms in total. The van der Waals surface area contributed by atoms with Gasteiger partial charge in [-0.15, -0.1) is 0 Å². The number of hydrogen-bond donors (Lipinski definition) is 1. The third-order valence-corrected chi connectivity index (χ3v) is 4.54. The standard InChI is InChI=1S/C14H24BrN3O/c1-17(2)10-11-3-6-18(7-4-11)13(9-16)14-12(15)5-8-19-14/h5,8,11,13H,3-4,6-7,9-10,16H2,1-2H3. The van der Waals surface area contributed by atoms with E-state index >= 15 is 0 Å². The van der Waals surface area contributed by atoms with Gasteiger partial charge in [-0.1, -0.05) is 0 Å². The third-order valence-electron chi connectivity index (χ3n) is 3.88. The average molecular weight is 330 g/mol. The molecule has 1 saturated heterocycles. The third kappa shape index (κ3) is 3.81. The second kappa shape index (κ2) is 6.88. The first-order chi connectivity index (χ1) is 9.11. The van der Waals surface area contributed by atoms with E-state index in [4.69, 9.17) is 10.2 Å². The maximum absolute atomic E-state index is 5.95. The highest BCUT2D eigenvalue weighted by molar-refractivity contribution is 9.10. The Hall–Kier alpha value is -0.360. The number of rotatable bonds is 5. The lowest BCUT2D eigenvalue weighted by atomic mass is 9.95. The molecular formula is C14H24BrN3O. The van der Waals surface area contributed by atoms with E-state index in [0.29, 0.717) is 6.54 Å². The summed E-state index contributed by atoms with van der Waals surface area (Å²) >= 11 is 3.54. The molecule has 0 amide bonds. The molecule has 1 fully saturated rings. The first kappa shape index (κ1) is 15.0. The van der Waals surface area contributed by atoms with E-state index in [1.54, 1.807) is 6.26 Å². The van der Waals surface area contributed by atoms with Crippen molar-refractivity contribution in [3.8, 4) is 0 Å². The van der Waals surface area contributed by atoms with Crippen molar-refractivity contribution in [2.45, 2.75) is 18.9 Å². The van der Waals surface area contributed by atoms with E-state index < -0.39 is 0 Å². The van der Waals surface area contributed by atoms with Crippen molar-refractivity contribution >= 4 is 15.9 Å². The fourth-order valence-electron chi connectivity index (χ4n) is 2.93. The SMILES string of the molecule is CN(C)CC1CCN(C(CN)c2occc2Br)CC1. The van der Waals surface area contributed by atoms with Crippen LogP contribution < -0.4 is 5.73 Å². The summed E-state index contributed by atoms with van der Waals surface area (Å²) in [5.41, 5.74) is 5.95. The van der Waals surface area contributed by atoms with Crippen LogP contribution in [0.2, 0.25) is 0 Å². The highest BCUT2D eigenvalue weighted by atomic mass is 79.9. The summed E-state index contributed by atoms with van der Waals surface area (Å²) < 4.78 is 6.61. The Morgan fingerprint density at radius 1 is 1.47 bits per heavy atom. The minimum atomic E-state index is 0.199. The van der Waals surface area contributed by atoms with Crippen molar-refractivity contribution in [3.63, 3.8) is 0 Å². The number of nitrogens with zero attached hydrogens (tertiary/aromatic N) is 2.